The topological polar surface area (TPSA) is 37.0 Å². The highest BCUT2D eigenvalue weighted by Crippen LogP contribution is 2.19. The van der Waals surface area contributed by atoms with Gasteiger partial charge in [-0.1, -0.05) is 0 Å². The second-order valence-corrected chi connectivity index (χ2v) is 2.85. The molecule has 2 heterocycles. The van der Waals surface area contributed by atoms with E-state index in [-0.39, 0.29) is 0 Å². The number of aromatic nitrogens is 1. The number of pyridine rings is 1. The highest BCUT2D eigenvalue weighted by Gasteiger charge is 2.07. The van der Waals surface area contributed by atoms with Crippen LogP contribution in [0.4, 0.5) is 0 Å². The molecular weight excluding hydrogens is 146 g/mol. The van der Waals surface area contributed by atoms with E-state index < -0.39 is 0 Å². The minimum atomic E-state index is 0.809. The van der Waals surface area contributed by atoms with E-state index in [0.29, 0.717) is 0 Å². The highest BCUT2D eigenvalue weighted by atomic mass is 32.2. The molecule has 0 atom stereocenters. The summed E-state index contributed by atoms with van der Waals surface area (Å²) in [6.07, 6.45) is 1.81. The lowest BCUT2D eigenvalue weighted by molar-refractivity contribution is 0.644. The van der Waals surface area contributed by atoms with Crippen molar-refractivity contribution in [2.75, 3.05) is 0 Å². The average Bonchev–Trinajstić information content (AvgIpc) is 2.05. The molecule has 0 unspecified atom stereocenters. The molecule has 0 aliphatic carbocycles. The Hall–Kier alpha value is -0.580. The van der Waals surface area contributed by atoms with Gasteiger partial charge in [0.1, 0.15) is 0 Å². The first-order valence-corrected chi connectivity index (χ1v) is 3.87. The molecule has 2 N–H and O–H groups in total. The van der Waals surface area contributed by atoms with E-state index in [2.05, 4.69) is 21.3 Å². The van der Waals surface area contributed by atoms with Gasteiger partial charge >= 0.3 is 0 Å². The summed E-state index contributed by atoms with van der Waals surface area (Å²) in [6, 6.07) is 4.00. The van der Waals surface area contributed by atoms with Gasteiger partial charge in [0, 0.05) is 11.1 Å². The summed E-state index contributed by atoms with van der Waals surface area (Å²) in [4.78, 5) is 8.37. The van der Waals surface area contributed by atoms with Gasteiger partial charge in [-0.25, -0.2) is 5.43 Å². The first-order valence-electron chi connectivity index (χ1n) is 3.05. The molecule has 4 heteroatoms. The summed E-state index contributed by atoms with van der Waals surface area (Å²) in [6.45, 7) is 0.809. The molecule has 0 saturated carbocycles. The lowest BCUT2D eigenvalue weighted by Crippen LogP contribution is -2.29. The Balaban J connectivity index is 2.41. The molecule has 1 aromatic heterocycles. The molecule has 52 valence electrons. The fourth-order valence-electron chi connectivity index (χ4n) is 0.860. The van der Waals surface area contributed by atoms with Crippen molar-refractivity contribution in [3.05, 3.63) is 24.0 Å². The van der Waals surface area contributed by atoms with Crippen LogP contribution in [0.2, 0.25) is 0 Å². The molecular formula is C6H7N3S. The minimum absolute atomic E-state index is 0.809. The molecule has 1 aromatic rings. The van der Waals surface area contributed by atoms with E-state index in [1.807, 2.05) is 12.3 Å². The van der Waals surface area contributed by atoms with Crippen LogP contribution in [0.3, 0.4) is 0 Å². The average molecular weight is 153 g/mol. The van der Waals surface area contributed by atoms with Gasteiger partial charge in [0.15, 0.2) is 0 Å². The number of hydrogen-bond donors (Lipinski definition) is 2. The van der Waals surface area contributed by atoms with E-state index in [1.165, 1.54) is 4.90 Å². The first-order chi connectivity index (χ1) is 4.97. The summed E-state index contributed by atoms with van der Waals surface area (Å²) >= 11 is 1.57. The zero-order valence-corrected chi connectivity index (χ0v) is 6.11. The SMILES string of the molecule is c1cnc2c(c1)SNNC2. The zero-order chi connectivity index (χ0) is 6.81. The Morgan fingerprint density at radius 3 is 3.50 bits per heavy atom. The van der Waals surface area contributed by atoms with Crippen LogP contribution in [-0.2, 0) is 6.54 Å². The number of hydrazine groups is 1. The summed E-state index contributed by atoms with van der Waals surface area (Å²) in [5.74, 6) is 0. The van der Waals surface area contributed by atoms with Gasteiger partial charge in [0.05, 0.1) is 12.2 Å². The second-order valence-electron chi connectivity index (χ2n) is 2.01. The second kappa shape index (κ2) is 2.57. The summed E-state index contributed by atoms with van der Waals surface area (Å²) in [5.41, 5.74) is 4.11. The van der Waals surface area contributed by atoms with E-state index in [9.17, 15) is 0 Å². The fourth-order valence-corrected chi connectivity index (χ4v) is 1.50. The van der Waals surface area contributed by atoms with Crippen molar-refractivity contribution in [1.29, 1.82) is 0 Å². The van der Waals surface area contributed by atoms with Gasteiger partial charge in [-0.3, -0.25) is 4.98 Å². The van der Waals surface area contributed by atoms with E-state index in [0.717, 1.165) is 12.2 Å². The molecule has 0 bridgehead atoms. The smallest absolute Gasteiger partial charge is 0.0705 e. The summed E-state index contributed by atoms with van der Waals surface area (Å²) < 4.78 is 0. The normalized spacial score (nSPS) is 16.4. The van der Waals surface area contributed by atoms with Crippen molar-refractivity contribution in [2.45, 2.75) is 11.4 Å². The van der Waals surface area contributed by atoms with Crippen LogP contribution in [0.25, 0.3) is 0 Å². The molecule has 3 nitrogen and oxygen atoms in total. The molecule has 0 fully saturated rings. The summed E-state index contributed by atoms with van der Waals surface area (Å²) in [7, 11) is 0. The molecule has 0 aromatic carbocycles. The quantitative estimate of drug-likeness (QED) is 0.538. The Bertz CT molecular complexity index is 213. The number of rotatable bonds is 0. The van der Waals surface area contributed by atoms with Crippen LogP contribution in [0.5, 0.6) is 0 Å². The van der Waals surface area contributed by atoms with Crippen LogP contribution < -0.4 is 10.3 Å². The number of hydrogen-bond acceptors (Lipinski definition) is 4. The van der Waals surface area contributed by atoms with Crippen molar-refractivity contribution in [1.82, 2.24) is 15.2 Å². The van der Waals surface area contributed by atoms with E-state index in [4.69, 9.17) is 0 Å². The van der Waals surface area contributed by atoms with Crippen LogP contribution >= 0.6 is 11.9 Å². The van der Waals surface area contributed by atoms with Crippen molar-refractivity contribution >= 4 is 11.9 Å². The van der Waals surface area contributed by atoms with Gasteiger partial charge in [0.2, 0.25) is 0 Å². The third kappa shape index (κ3) is 1.01. The van der Waals surface area contributed by atoms with Gasteiger partial charge in [-0.05, 0) is 24.1 Å². The van der Waals surface area contributed by atoms with E-state index in [1.54, 1.807) is 11.9 Å². The standard InChI is InChI=1S/C6H7N3S/c1-2-6-5(7-3-1)4-8-9-10-6/h1-3,8-9H,4H2. The van der Waals surface area contributed by atoms with Crippen molar-refractivity contribution in [2.24, 2.45) is 0 Å². The molecule has 0 spiro atoms. The molecule has 1 aliphatic heterocycles. The largest absolute Gasteiger partial charge is 0.259 e. The molecule has 2 rings (SSSR count). The third-order valence-corrected chi connectivity index (χ3v) is 2.18. The van der Waals surface area contributed by atoms with Crippen LogP contribution in [-0.4, -0.2) is 4.98 Å². The van der Waals surface area contributed by atoms with Gasteiger partial charge in [-0.2, -0.15) is 4.83 Å². The molecule has 1 aliphatic rings. The lowest BCUT2D eigenvalue weighted by atomic mass is 10.3. The Labute approximate surface area is 63.3 Å². The monoisotopic (exact) mass is 153 g/mol. The Morgan fingerprint density at radius 1 is 1.60 bits per heavy atom. The molecule has 0 radical (unpaired) electrons. The summed E-state index contributed by atoms with van der Waals surface area (Å²) in [5, 5.41) is 0. The first kappa shape index (κ1) is 6.15. The van der Waals surface area contributed by atoms with Crippen LogP contribution in [0.15, 0.2) is 23.2 Å². The van der Waals surface area contributed by atoms with Gasteiger partial charge in [-0.15, -0.1) is 0 Å². The van der Waals surface area contributed by atoms with E-state index >= 15 is 0 Å². The fraction of sp³-hybridized carbons (Fsp3) is 0.167. The molecule has 0 amide bonds. The predicted molar refractivity (Wildman–Crippen MR) is 40.1 cm³/mol. The van der Waals surface area contributed by atoms with Crippen molar-refractivity contribution < 1.29 is 0 Å². The maximum atomic E-state index is 4.20. The lowest BCUT2D eigenvalue weighted by Gasteiger charge is -2.14. The predicted octanol–water partition coefficient (Wildman–Crippen LogP) is 0.696. The molecule has 0 saturated heterocycles. The Morgan fingerprint density at radius 2 is 2.60 bits per heavy atom. The zero-order valence-electron chi connectivity index (χ0n) is 5.29. The van der Waals surface area contributed by atoms with Crippen LogP contribution in [0, 0.1) is 0 Å². The van der Waals surface area contributed by atoms with Crippen molar-refractivity contribution in [3.63, 3.8) is 0 Å². The maximum Gasteiger partial charge on any atom is 0.0705 e. The third-order valence-electron chi connectivity index (χ3n) is 1.34. The van der Waals surface area contributed by atoms with Gasteiger partial charge < -0.3 is 0 Å². The number of nitrogens with zero attached hydrogens (tertiary/aromatic N) is 1. The minimum Gasteiger partial charge on any atom is -0.259 e. The molecule has 10 heavy (non-hydrogen) atoms. The maximum absolute atomic E-state index is 4.20. The Kier molecular flexibility index (Phi) is 1.58. The van der Waals surface area contributed by atoms with Crippen LogP contribution in [0.1, 0.15) is 5.69 Å². The highest BCUT2D eigenvalue weighted by molar-refractivity contribution is 7.97. The van der Waals surface area contributed by atoms with Crippen molar-refractivity contribution in [3.8, 4) is 0 Å². The number of fused-ring (bicyclic) bond motifs is 1. The van der Waals surface area contributed by atoms with Gasteiger partial charge in [0.25, 0.3) is 0 Å². The number of nitrogens with one attached hydrogen (secondary N) is 2.